The molecule has 2 heterocycles. The fourth-order valence-electron chi connectivity index (χ4n) is 2.49. The van der Waals surface area contributed by atoms with Crippen molar-refractivity contribution in [2.24, 2.45) is 0 Å². The number of aromatic nitrogens is 2. The second-order valence-electron chi connectivity index (χ2n) is 5.32. The molecule has 0 amide bonds. The summed E-state index contributed by atoms with van der Waals surface area (Å²) in [4.78, 5) is 8.92. The van der Waals surface area contributed by atoms with E-state index in [-0.39, 0.29) is 6.10 Å². The smallest absolute Gasteiger partial charge is 0.105 e. The lowest BCUT2D eigenvalue weighted by molar-refractivity contribution is -0.0263. The number of ether oxygens (including phenoxy) is 1. The van der Waals surface area contributed by atoms with Gasteiger partial charge >= 0.3 is 0 Å². The van der Waals surface area contributed by atoms with Gasteiger partial charge in [-0.2, -0.15) is 0 Å². The molecular formula is C15H19N3O2. The normalized spacial score (nSPS) is 26.2. The minimum Gasteiger partial charge on any atom is -0.386 e. The molecule has 106 valence electrons. The first-order valence-electron chi connectivity index (χ1n) is 6.93. The molecule has 3 rings (SSSR count). The number of nitrogens with one attached hydrogen (secondary N) is 1. The maximum Gasteiger partial charge on any atom is 0.105 e. The van der Waals surface area contributed by atoms with Gasteiger partial charge in [-0.05, 0) is 19.1 Å². The molecule has 1 aromatic carbocycles. The Bertz CT molecular complexity index is 604. The zero-order chi connectivity index (χ0) is 14.0. The molecule has 1 fully saturated rings. The maximum absolute atomic E-state index is 10.4. The van der Waals surface area contributed by atoms with Gasteiger partial charge in [0.15, 0.2) is 0 Å². The van der Waals surface area contributed by atoms with Gasteiger partial charge < -0.3 is 15.2 Å². The summed E-state index contributed by atoms with van der Waals surface area (Å²) in [5, 5.41) is 13.6. The highest BCUT2D eigenvalue weighted by Gasteiger charge is 2.38. The number of hydrogen-bond acceptors (Lipinski definition) is 5. The van der Waals surface area contributed by atoms with Gasteiger partial charge in [0.2, 0.25) is 0 Å². The Labute approximate surface area is 118 Å². The molecule has 0 spiro atoms. The Morgan fingerprint density at radius 1 is 1.40 bits per heavy atom. The summed E-state index contributed by atoms with van der Waals surface area (Å²) in [6, 6.07) is 7.80. The van der Waals surface area contributed by atoms with Crippen molar-refractivity contribution in [3.05, 3.63) is 36.2 Å². The summed E-state index contributed by atoms with van der Waals surface area (Å²) in [6.07, 6.45) is 2.32. The van der Waals surface area contributed by atoms with Crippen LogP contribution in [0.5, 0.6) is 0 Å². The van der Waals surface area contributed by atoms with E-state index in [0.29, 0.717) is 26.1 Å². The zero-order valence-corrected chi connectivity index (χ0v) is 11.5. The number of benzene rings is 1. The predicted molar refractivity (Wildman–Crippen MR) is 76.2 cm³/mol. The van der Waals surface area contributed by atoms with Crippen molar-refractivity contribution in [2.45, 2.75) is 31.6 Å². The topological polar surface area (TPSA) is 67.3 Å². The van der Waals surface area contributed by atoms with Gasteiger partial charge in [0.05, 0.1) is 29.0 Å². The third kappa shape index (κ3) is 2.65. The minimum atomic E-state index is -0.774. The van der Waals surface area contributed by atoms with Crippen LogP contribution in [0.25, 0.3) is 11.0 Å². The second-order valence-corrected chi connectivity index (χ2v) is 5.32. The highest BCUT2D eigenvalue weighted by atomic mass is 16.5. The average Bonchev–Trinajstić information content (AvgIpc) is 2.79. The molecule has 0 saturated carbocycles. The third-order valence-electron chi connectivity index (χ3n) is 3.90. The molecule has 5 heteroatoms. The van der Waals surface area contributed by atoms with E-state index in [1.807, 2.05) is 31.2 Å². The van der Waals surface area contributed by atoms with Crippen LogP contribution in [-0.2, 0) is 11.3 Å². The van der Waals surface area contributed by atoms with E-state index in [4.69, 9.17) is 4.74 Å². The second kappa shape index (κ2) is 5.44. The summed E-state index contributed by atoms with van der Waals surface area (Å²) >= 11 is 0. The van der Waals surface area contributed by atoms with Gasteiger partial charge in [-0.3, -0.25) is 4.98 Å². The standard InChI is InChI=1S/C15H19N3O2/c1-11-15(19,6-7-20-11)10-16-8-12-9-17-13-4-2-3-5-14(13)18-12/h2-5,9,11,16,19H,6-8,10H2,1H3. The molecule has 2 atom stereocenters. The van der Waals surface area contributed by atoms with Crippen LogP contribution in [-0.4, -0.2) is 39.9 Å². The number of hydrogen-bond donors (Lipinski definition) is 2. The number of fused-ring (bicyclic) bond motifs is 1. The number of nitrogens with zero attached hydrogens (tertiary/aromatic N) is 2. The van der Waals surface area contributed by atoms with E-state index in [1.54, 1.807) is 6.20 Å². The predicted octanol–water partition coefficient (Wildman–Crippen LogP) is 1.26. The SMILES string of the molecule is CC1OCCC1(O)CNCc1cnc2ccccc2n1. The molecule has 2 aromatic rings. The quantitative estimate of drug-likeness (QED) is 0.878. The Balaban J connectivity index is 1.62. The first kappa shape index (κ1) is 13.4. The molecule has 0 radical (unpaired) electrons. The molecule has 2 unspecified atom stereocenters. The number of rotatable bonds is 4. The van der Waals surface area contributed by atoms with Gasteiger partial charge in [0.25, 0.3) is 0 Å². The molecule has 1 aromatic heterocycles. The molecule has 20 heavy (non-hydrogen) atoms. The molecule has 5 nitrogen and oxygen atoms in total. The van der Waals surface area contributed by atoms with Crippen LogP contribution in [0.3, 0.4) is 0 Å². The average molecular weight is 273 g/mol. The van der Waals surface area contributed by atoms with Crippen molar-refractivity contribution in [1.29, 1.82) is 0 Å². The van der Waals surface area contributed by atoms with Crippen LogP contribution >= 0.6 is 0 Å². The van der Waals surface area contributed by atoms with Crippen LogP contribution in [0.1, 0.15) is 19.0 Å². The summed E-state index contributed by atoms with van der Waals surface area (Å²) in [5.74, 6) is 0. The largest absolute Gasteiger partial charge is 0.386 e. The Kier molecular flexibility index (Phi) is 3.65. The van der Waals surface area contributed by atoms with Crippen molar-refractivity contribution in [3.8, 4) is 0 Å². The van der Waals surface area contributed by atoms with Crippen LogP contribution in [0.2, 0.25) is 0 Å². The maximum atomic E-state index is 10.4. The van der Waals surface area contributed by atoms with Gasteiger partial charge in [-0.15, -0.1) is 0 Å². The first-order valence-corrected chi connectivity index (χ1v) is 6.93. The van der Waals surface area contributed by atoms with Crippen molar-refractivity contribution in [2.75, 3.05) is 13.2 Å². The highest BCUT2D eigenvalue weighted by molar-refractivity contribution is 5.73. The van der Waals surface area contributed by atoms with Crippen molar-refractivity contribution < 1.29 is 9.84 Å². The van der Waals surface area contributed by atoms with E-state index in [0.717, 1.165) is 16.7 Å². The molecule has 1 saturated heterocycles. The fourth-order valence-corrected chi connectivity index (χ4v) is 2.49. The van der Waals surface area contributed by atoms with E-state index in [1.165, 1.54) is 0 Å². The van der Waals surface area contributed by atoms with E-state index in [9.17, 15) is 5.11 Å². The molecule has 2 N–H and O–H groups in total. The summed E-state index contributed by atoms with van der Waals surface area (Å²) in [7, 11) is 0. The lowest BCUT2D eigenvalue weighted by atomic mass is 9.97. The van der Waals surface area contributed by atoms with E-state index >= 15 is 0 Å². The zero-order valence-electron chi connectivity index (χ0n) is 11.5. The van der Waals surface area contributed by atoms with Gasteiger partial charge in [-0.25, -0.2) is 4.98 Å². The summed E-state index contributed by atoms with van der Waals surface area (Å²) in [5.41, 5.74) is 1.89. The Morgan fingerprint density at radius 3 is 2.95 bits per heavy atom. The number of para-hydroxylation sites is 2. The summed E-state index contributed by atoms with van der Waals surface area (Å²) < 4.78 is 5.41. The molecular weight excluding hydrogens is 254 g/mol. The summed E-state index contributed by atoms with van der Waals surface area (Å²) in [6.45, 7) is 3.62. The van der Waals surface area contributed by atoms with Crippen molar-refractivity contribution >= 4 is 11.0 Å². The third-order valence-corrected chi connectivity index (χ3v) is 3.90. The molecule has 0 aliphatic carbocycles. The monoisotopic (exact) mass is 273 g/mol. The Morgan fingerprint density at radius 2 is 2.20 bits per heavy atom. The number of aliphatic hydroxyl groups is 1. The van der Waals surface area contributed by atoms with Crippen molar-refractivity contribution in [1.82, 2.24) is 15.3 Å². The first-order chi connectivity index (χ1) is 9.67. The van der Waals surface area contributed by atoms with E-state index in [2.05, 4.69) is 15.3 Å². The molecule has 1 aliphatic rings. The van der Waals surface area contributed by atoms with Gasteiger partial charge in [-0.1, -0.05) is 12.1 Å². The minimum absolute atomic E-state index is 0.127. The van der Waals surface area contributed by atoms with E-state index < -0.39 is 5.60 Å². The fraction of sp³-hybridized carbons (Fsp3) is 0.467. The highest BCUT2D eigenvalue weighted by Crippen LogP contribution is 2.24. The van der Waals surface area contributed by atoms with Gasteiger partial charge in [0, 0.05) is 26.1 Å². The van der Waals surface area contributed by atoms with Crippen molar-refractivity contribution in [3.63, 3.8) is 0 Å². The molecule has 0 bridgehead atoms. The van der Waals surface area contributed by atoms with Gasteiger partial charge in [0.1, 0.15) is 5.60 Å². The van der Waals surface area contributed by atoms with Crippen LogP contribution in [0, 0.1) is 0 Å². The van der Waals surface area contributed by atoms with Crippen LogP contribution in [0.4, 0.5) is 0 Å². The van der Waals surface area contributed by atoms with Crippen LogP contribution in [0.15, 0.2) is 30.5 Å². The van der Waals surface area contributed by atoms with Crippen LogP contribution < -0.4 is 5.32 Å². The Hall–Kier alpha value is -1.56. The lowest BCUT2D eigenvalue weighted by Crippen LogP contribution is -2.45. The molecule has 1 aliphatic heterocycles. The lowest BCUT2D eigenvalue weighted by Gasteiger charge is -2.26.